The first-order valence-electron chi connectivity index (χ1n) is 6.34. The fraction of sp³-hybridized carbons (Fsp3) is 0.429. The molecule has 0 aliphatic carbocycles. The van der Waals surface area contributed by atoms with Crippen LogP contribution in [0.1, 0.15) is 27.2 Å². The van der Waals surface area contributed by atoms with Crippen LogP contribution in [-0.4, -0.2) is 29.3 Å². The molecule has 0 aromatic heterocycles. The summed E-state index contributed by atoms with van der Waals surface area (Å²) < 4.78 is 0. The van der Waals surface area contributed by atoms with Crippen molar-refractivity contribution in [1.29, 1.82) is 0 Å². The molecule has 1 aromatic carbocycles. The van der Waals surface area contributed by atoms with Gasteiger partial charge < -0.3 is 10.2 Å². The van der Waals surface area contributed by atoms with Crippen LogP contribution >= 0.6 is 23.2 Å². The first kappa shape index (κ1) is 16.8. The van der Waals surface area contributed by atoms with Crippen molar-refractivity contribution < 1.29 is 9.59 Å². The van der Waals surface area contributed by atoms with E-state index in [1.807, 2.05) is 13.8 Å². The minimum absolute atomic E-state index is 0.0476. The summed E-state index contributed by atoms with van der Waals surface area (Å²) >= 11 is 11.9. The van der Waals surface area contributed by atoms with Crippen molar-refractivity contribution in [3.63, 3.8) is 0 Å². The van der Waals surface area contributed by atoms with Gasteiger partial charge in [-0.3, -0.25) is 9.59 Å². The van der Waals surface area contributed by atoms with Gasteiger partial charge in [0.1, 0.15) is 0 Å². The standard InChI is InChI=1S/C14H18Cl2N2O2/c1-9(2)18(10(3)19)8-7-13(20)17-12-6-4-5-11(15)14(12)16/h4-6,9H,7-8H2,1-3H3,(H,17,20). The Morgan fingerprint density at radius 1 is 1.30 bits per heavy atom. The zero-order valence-electron chi connectivity index (χ0n) is 11.7. The second kappa shape index (κ2) is 7.50. The Hall–Kier alpha value is -1.26. The van der Waals surface area contributed by atoms with Gasteiger partial charge in [0.2, 0.25) is 11.8 Å². The maximum absolute atomic E-state index is 11.9. The summed E-state index contributed by atoms with van der Waals surface area (Å²) in [6, 6.07) is 5.10. The summed E-state index contributed by atoms with van der Waals surface area (Å²) in [5.41, 5.74) is 0.475. The third kappa shape index (κ3) is 4.69. The Labute approximate surface area is 129 Å². The van der Waals surface area contributed by atoms with Crippen LogP contribution in [0, 0.1) is 0 Å². The normalized spacial score (nSPS) is 10.5. The second-order valence-corrected chi connectivity index (χ2v) is 5.49. The molecule has 110 valence electrons. The predicted molar refractivity (Wildman–Crippen MR) is 82.2 cm³/mol. The fourth-order valence-corrected chi connectivity index (χ4v) is 2.16. The zero-order valence-corrected chi connectivity index (χ0v) is 13.3. The molecule has 0 saturated carbocycles. The number of nitrogens with zero attached hydrogens (tertiary/aromatic N) is 1. The number of halogens is 2. The molecule has 0 bridgehead atoms. The summed E-state index contributed by atoms with van der Waals surface area (Å²) in [6.07, 6.45) is 0.209. The number of hydrogen-bond donors (Lipinski definition) is 1. The molecule has 6 heteroatoms. The van der Waals surface area contributed by atoms with Crippen LogP contribution in [0.3, 0.4) is 0 Å². The number of anilines is 1. The van der Waals surface area contributed by atoms with Crippen molar-refractivity contribution in [3.05, 3.63) is 28.2 Å². The SMILES string of the molecule is CC(=O)N(CCC(=O)Nc1cccc(Cl)c1Cl)C(C)C. The van der Waals surface area contributed by atoms with Gasteiger partial charge in [-0.25, -0.2) is 0 Å². The number of nitrogens with one attached hydrogen (secondary N) is 1. The van der Waals surface area contributed by atoms with Crippen molar-refractivity contribution in [2.45, 2.75) is 33.2 Å². The number of amides is 2. The Morgan fingerprint density at radius 2 is 1.95 bits per heavy atom. The summed E-state index contributed by atoms with van der Waals surface area (Å²) in [4.78, 5) is 24.9. The minimum Gasteiger partial charge on any atom is -0.340 e. The molecular formula is C14H18Cl2N2O2. The zero-order chi connectivity index (χ0) is 15.3. The van der Waals surface area contributed by atoms with Crippen LogP contribution in [0.15, 0.2) is 18.2 Å². The van der Waals surface area contributed by atoms with E-state index in [2.05, 4.69) is 5.32 Å². The monoisotopic (exact) mass is 316 g/mol. The average Bonchev–Trinajstić information content (AvgIpc) is 2.34. The first-order chi connectivity index (χ1) is 9.32. The van der Waals surface area contributed by atoms with Gasteiger partial charge in [-0.05, 0) is 26.0 Å². The van der Waals surface area contributed by atoms with Gasteiger partial charge in [0.25, 0.3) is 0 Å². The van der Waals surface area contributed by atoms with Crippen molar-refractivity contribution in [2.75, 3.05) is 11.9 Å². The van der Waals surface area contributed by atoms with E-state index in [0.717, 1.165) is 0 Å². The van der Waals surface area contributed by atoms with E-state index in [9.17, 15) is 9.59 Å². The van der Waals surface area contributed by atoms with Crippen molar-refractivity contribution in [2.24, 2.45) is 0 Å². The van der Waals surface area contributed by atoms with Crippen molar-refractivity contribution in [1.82, 2.24) is 4.90 Å². The van der Waals surface area contributed by atoms with Gasteiger partial charge in [-0.1, -0.05) is 29.3 Å². The number of carbonyl (C=O) groups excluding carboxylic acids is 2. The number of carbonyl (C=O) groups is 2. The molecule has 0 saturated heterocycles. The summed E-state index contributed by atoms with van der Waals surface area (Å²) in [7, 11) is 0. The lowest BCUT2D eigenvalue weighted by Gasteiger charge is -2.25. The largest absolute Gasteiger partial charge is 0.340 e. The molecule has 1 N–H and O–H groups in total. The number of hydrogen-bond acceptors (Lipinski definition) is 2. The molecule has 0 spiro atoms. The number of benzene rings is 1. The van der Waals surface area contributed by atoms with Crippen LogP contribution in [0.2, 0.25) is 10.0 Å². The second-order valence-electron chi connectivity index (χ2n) is 4.71. The summed E-state index contributed by atoms with van der Waals surface area (Å²) in [5, 5.41) is 3.39. The lowest BCUT2D eigenvalue weighted by Crippen LogP contribution is -2.37. The van der Waals surface area contributed by atoms with Crippen molar-refractivity contribution >= 4 is 40.7 Å². The molecule has 0 fully saturated rings. The molecule has 2 amide bonds. The summed E-state index contributed by atoms with van der Waals surface area (Å²) in [5.74, 6) is -0.255. The van der Waals surface area contributed by atoms with Gasteiger partial charge in [0, 0.05) is 25.9 Å². The Morgan fingerprint density at radius 3 is 2.50 bits per heavy atom. The van der Waals surface area contributed by atoms with Gasteiger partial charge in [0.15, 0.2) is 0 Å². The minimum atomic E-state index is -0.207. The molecule has 0 radical (unpaired) electrons. The third-order valence-corrected chi connectivity index (χ3v) is 3.65. The van der Waals surface area contributed by atoms with E-state index in [1.165, 1.54) is 6.92 Å². The molecule has 1 rings (SSSR count). The molecule has 0 atom stereocenters. The maximum atomic E-state index is 11.9. The highest BCUT2D eigenvalue weighted by atomic mass is 35.5. The van der Waals surface area contributed by atoms with Gasteiger partial charge in [-0.15, -0.1) is 0 Å². The number of rotatable bonds is 5. The van der Waals surface area contributed by atoms with E-state index < -0.39 is 0 Å². The molecule has 0 unspecified atom stereocenters. The van der Waals surface area contributed by atoms with Gasteiger partial charge >= 0.3 is 0 Å². The first-order valence-corrected chi connectivity index (χ1v) is 7.09. The fourth-order valence-electron chi connectivity index (χ4n) is 1.81. The Balaban J connectivity index is 2.60. The maximum Gasteiger partial charge on any atom is 0.226 e. The molecule has 0 heterocycles. The highest BCUT2D eigenvalue weighted by Crippen LogP contribution is 2.29. The Kier molecular flexibility index (Phi) is 6.30. The van der Waals surface area contributed by atoms with Crippen LogP contribution in [-0.2, 0) is 9.59 Å². The lowest BCUT2D eigenvalue weighted by molar-refractivity contribution is -0.130. The smallest absolute Gasteiger partial charge is 0.226 e. The van der Waals surface area contributed by atoms with Crippen LogP contribution in [0.4, 0.5) is 5.69 Å². The molecule has 4 nitrogen and oxygen atoms in total. The quantitative estimate of drug-likeness (QED) is 0.902. The van der Waals surface area contributed by atoms with E-state index in [1.54, 1.807) is 23.1 Å². The van der Waals surface area contributed by atoms with Crippen LogP contribution < -0.4 is 5.32 Å². The van der Waals surface area contributed by atoms with E-state index in [4.69, 9.17) is 23.2 Å². The van der Waals surface area contributed by atoms with E-state index >= 15 is 0 Å². The molecule has 0 aliphatic rings. The highest BCUT2D eigenvalue weighted by molar-refractivity contribution is 6.43. The van der Waals surface area contributed by atoms with E-state index in [0.29, 0.717) is 22.3 Å². The molecule has 20 heavy (non-hydrogen) atoms. The molecular weight excluding hydrogens is 299 g/mol. The van der Waals surface area contributed by atoms with Gasteiger partial charge in [-0.2, -0.15) is 0 Å². The molecule has 1 aromatic rings. The molecule has 0 aliphatic heterocycles. The average molecular weight is 317 g/mol. The predicted octanol–water partition coefficient (Wildman–Crippen LogP) is 3.58. The highest BCUT2D eigenvalue weighted by Gasteiger charge is 2.15. The summed E-state index contributed by atoms with van der Waals surface area (Å²) in [6.45, 7) is 5.68. The van der Waals surface area contributed by atoms with Crippen LogP contribution in [0.5, 0.6) is 0 Å². The van der Waals surface area contributed by atoms with Crippen LogP contribution in [0.25, 0.3) is 0 Å². The third-order valence-electron chi connectivity index (χ3n) is 2.83. The lowest BCUT2D eigenvalue weighted by atomic mass is 10.2. The van der Waals surface area contributed by atoms with Gasteiger partial charge in [0.05, 0.1) is 15.7 Å². The Bertz CT molecular complexity index is 504. The van der Waals surface area contributed by atoms with E-state index in [-0.39, 0.29) is 24.3 Å². The topological polar surface area (TPSA) is 49.4 Å². The van der Waals surface area contributed by atoms with Crippen molar-refractivity contribution in [3.8, 4) is 0 Å².